The number of aromatic nitrogens is 2. The number of imidazole rings is 1. The molecule has 0 radical (unpaired) electrons. The van der Waals surface area contributed by atoms with Crippen LogP contribution in [0.15, 0.2) is 36.4 Å². The van der Waals surface area contributed by atoms with Crippen molar-refractivity contribution < 1.29 is 0 Å². The van der Waals surface area contributed by atoms with Crippen molar-refractivity contribution in [1.82, 2.24) is 9.55 Å². The van der Waals surface area contributed by atoms with Crippen LogP contribution < -0.4 is 5.73 Å². The molecule has 3 nitrogen and oxygen atoms in total. The molecule has 0 aliphatic carbocycles. The molecule has 2 aromatic carbocycles. The highest BCUT2D eigenvalue weighted by atomic mass is 15.1. The Kier molecular flexibility index (Phi) is 3.52. The van der Waals surface area contributed by atoms with Gasteiger partial charge in [0.05, 0.1) is 11.0 Å². The highest BCUT2D eigenvalue weighted by Gasteiger charge is 2.12. The summed E-state index contributed by atoms with van der Waals surface area (Å²) in [6.07, 6.45) is 0.850. The Morgan fingerprint density at radius 3 is 2.67 bits per heavy atom. The molecule has 108 valence electrons. The fourth-order valence-corrected chi connectivity index (χ4v) is 2.80. The third kappa shape index (κ3) is 2.45. The minimum atomic E-state index is 0.525. The number of nitrogens with zero attached hydrogens (tertiary/aromatic N) is 2. The fraction of sp³-hybridized carbons (Fsp3) is 0.278. The van der Waals surface area contributed by atoms with E-state index in [4.69, 9.17) is 10.7 Å². The number of hydrogen-bond donors (Lipinski definition) is 1. The SMILES string of the molecule is Cc1ccc(C)c(Cc2nc3c(CN)cccc3n2C)c1. The molecule has 0 aliphatic rings. The smallest absolute Gasteiger partial charge is 0.114 e. The van der Waals surface area contributed by atoms with Crippen LogP contribution in [0.25, 0.3) is 11.0 Å². The third-order valence-corrected chi connectivity index (χ3v) is 4.16. The third-order valence-electron chi connectivity index (χ3n) is 4.16. The largest absolute Gasteiger partial charge is 0.331 e. The number of hydrogen-bond acceptors (Lipinski definition) is 2. The molecule has 1 heterocycles. The first-order valence-corrected chi connectivity index (χ1v) is 7.29. The van der Waals surface area contributed by atoms with Crippen molar-refractivity contribution >= 4 is 11.0 Å². The zero-order valence-electron chi connectivity index (χ0n) is 12.9. The summed E-state index contributed by atoms with van der Waals surface area (Å²) in [5.41, 5.74) is 13.0. The van der Waals surface area contributed by atoms with Crippen molar-refractivity contribution in [3.8, 4) is 0 Å². The Labute approximate surface area is 125 Å². The normalized spacial score (nSPS) is 11.2. The number of rotatable bonds is 3. The summed E-state index contributed by atoms with van der Waals surface area (Å²) in [6.45, 7) is 4.81. The number of benzene rings is 2. The first kappa shape index (κ1) is 13.8. The minimum Gasteiger partial charge on any atom is -0.331 e. The van der Waals surface area contributed by atoms with Gasteiger partial charge in [0.25, 0.3) is 0 Å². The Morgan fingerprint density at radius 1 is 1.10 bits per heavy atom. The highest BCUT2D eigenvalue weighted by molar-refractivity contribution is 5.79. The van der Waals surface area contributed by atoms with Crippen LogP contribution in [0.3, 0.4) is 0 Å². The van der Waals surface area contributed by atoms with Crippen molar-refractivity contribution in [3.63, 3.8) is 0 Å². The molecule has 0 bridgehead atoms. The molecular weight excluding hydrogens is 258 g/mol. The monoisotopic (exact) mass is 279 g/mol. The van der Waals surface area contributed by atoms with E-state index in [9.17, 15) is 0 Å². The lowest BCUT2D eigenvalue weighted by Gasteiger charge is -2.07. The summed E-state index contributed by atoms with van der Waals surface area (Å²) in [4.78, 5) is 4.83. The first-order chi connectivity index (χ1) is 10.1. The molecule has 0 unspecified atom stereocenters. The summed E-state index contributed by atoms with van der Waals surface area (Å²) < 4.78 is 2.18. The highest BCUT2D eigenvalue weighted by Crippen LogP contribution is 2.22. The maximum Gasteiger partial charge on any atom is 0.114 e. The van der Waals surface area contributed by atoms with Gasteiger partial charge in [-0.15, -0.1) is 0 Å². The molecule has 0 atom stereocenters. The summed E-state index contributed by atoms with van der Waals surface area (Å²) in [7, 11) is 2.08. The zero-order valence-corrected chi connectivity index (χ0v) is 12.9. The molecular formula is C18H21N3. The quantitative estimate of drug-likeness (QED) is 0.800. The minimum absolute atomic E-state index is 0.525. The van der Waals surface area contributed by atoms with Crippen LogP contribution in [0.2, 0.25) is 0 Å². The number of nitrogens with two attached hydrogens (primary N) is 1. The van der Waals surface area contributed by atoms with Gasteiger partial charge in [-0.05, 0) is 36.6 Å². The van der Waals surface area contributed by atoms with Crippen molar-refractivity contribution in [3.05, 3.63) is 64.5 Å². The lowest BCUT2D eigenvalue weighted by Crippen LogP contribution is -2.00. The molecule has 2 N–H and O–H groups in total. The van der Waals surface area contributed by atoms with Gasteiger partial charge in [-0.2, -0.15) is 0 Å². The van der Waals surface area contributed by atoms with Gasteiger partial charge in [0.15, 0.2) is 0 Å². The predicted octanol–water partition coefficient (Wildman–Crippen LogP) is 3.24. The van der Waals surface area contributed by atoms with Crippen LogP contribution in [0, 0.1) is 13.8 Å². The van der Waals surface area contributed by atoms with E-state index in [0.717, 1.165) is 28.8 Å². The zero-order chi connectivity index (χ0) is 15.0. The van der Waals surface area contributed by atoms with E-state index in [1.165, 1.54) is 16.7 Å². The molecule has 0 saturated carbocycles. The van der Waals surface area contributed by atoms with Crippen LogP contribution in [0.1, 0.15) is 28.1 Å². The summed E-state index contributed by atoms with van der Waals surface area (Å²) in [5.74, 6) is 1.08. The van der Waals surface area contributed by atoms with Gasteiger partial charge < -0.3 is 10.3 Å². The van der Waals surface area contributed by atoms with Crippen LogP contribution >= 0.6 is 0 Å². The van der Waals surface area contributed by atoms with Crippen molar-refractivity contribution in [1.29, 1.82) is 0 Å². The maximum atomic E-state index is 5.82. The average molecular weight is 279 g/mol. The molecule has 1 aromatic heterocycles. The van der Waals surface area contributed by atoms with Gasteiger partial charge in [-0.25, -0.2) is 4.98 Å². The van der Waals surface area contributed by atoms with Gasteiger partial charge in [-0.1, -0.05) is 35.9 Å². The van der Waals surface area contributed by atoms with Gasteiger partial charge >= 0.3 is 0 Å². The molecule has 3 aromatic rings. The molecule has 0 amide bonds. The Morgan fingerprint density at radius 2 is 1.90 bits per heavy atom. The average Bonchev–Trinajstić information content (AvgIpc) is 2.80. The number of fused-ring (bicyclic) bond motifs is 1. The predicted molar refractivity (Wildman–Crippen MR) is 87.3 cm³/mol. The second-order valence-corrected chi connectivity index (χ2v) is 5.68. The number of para-hydroxylation sites is 1. The molecule has 0 saturated heterocycles. The standard InChI is InChI=1S/C18H21N3/c1-12-7-8-13(2)15(9-12)10-17-20-18-14(11-19)5-4-6-16(18)21(17)3/h4-9H,10-11,19H2,1-3H3. The summed E-state index contributed by atoms with van der Waals surface area (Å²) in [6, 6.07) is 12.8. The van der Waals surface area contributed by atoms with Gasteiger partial charge in [0.2, 0.25) is 0 Å². The summed E-state index contributed by atoms with van der Waals surface area (Å²) >= 11 is 0. The first-order valence-electron chi connectivity index (χ1n) is 7.29. The fourth-order valence-electron chi connectivity index (χ4n) is 2.80. The van der Waals surface area contributed by atoms with E-state index in [-0.39, 0.29) is 0 Å². The van der Waals surface area contributed by atoms with Crippen LogP contribution in [0.5, 0.6) is 0 Å². The number of aryl methyl sites for hydroxylation is 3. The van der Waals surface area contributed by atoms with E-state index in [2.05, 4.69) is 55.8 Å². The van der Waals surface area contributed by atoms with E-state index < -0.39 is 0 Å². The van der Waals surface area contributed by atoms with Gasteiger partial charge in [-0.3, -0.25) is 0 Å². The molecule has 0 fully saturated rings. The van der Waals surface area contributed by atoms with Gasteiger partial charge in [0.1, 0.15) is 5.82 Å². The molecule has 0 aliphatic heterocycles. The Balaban J connectivity index is 2.09. The van der Waals surface area contributed by atoms with Crippen LogP contribution in [-0.4, -0.2) is 9.55 Å². The topological polar surface area (TPSA) is 43.8 Å². The van der Waals surface area contributed by atoms with E-state index in [0.29, 0.717) is 6.54 Å². The lowest BCUT2D eigenvalue weighted by atomic mass is 10.0. The van der Waals surface area contributed by atoms with Gasteiger partial charge in [0, 0.05) is 20.0 Å². The van der Waals surface area contributed by atoms with E-state index >= 15 is 0 Å². The van der Waals surface area contributed by atoms with Crippen molar-refractivity contribution in [2.24, 2.45) is 12.8 Å². The van der Waals surface area contributed by atoms with Crippen LogP contribution in [0.4, 0.5) is 0 Å². The maximum absolute atomic E-state index is 5.82. The second-order valence-electron chi connectivity index (χ2n) is 5.68. The summed E-state index contributed by atoms with van der Waals surface area (Å²) in [5, 5.41) is 0. The second kappa shape index (κ2) is 5.34. The Hall–Kier alpha value is -2.13. The van der Waals surface area contributed by atoms with Crippen LogP contribution in [-0.2, 0) is 20.0 Å². The van der Waals surface area contributed by atoms with E-state index in [1.807, 2.05) is 6.07 Å². The molecule has 3 rings (SSSR count). The molecule has 0 spiro atoms. The lowest BCUT2D eigenvalue weighted by molar-refractivity contribution is 0.841. The van der Waals surface area contributed by atoms with Crippen molar-refractivity contribution in [2.45, 2.75) is 26.8 Å². The van der Waals surface area contributed by atoms with E-state index in [1.54, 1.807) is 0 Å². The molecule has 3 heteroatoms. The molecule has 21 heavy (non-hydrogen) atoms. The Bertz CT molecular complexity index is 800. The van der Waals surface area contributed by atoms with Crippen molar-refractivity contribution in [2.75, 3.05) is 0 Å².